The number of nitrogens with zero attached hydrogens (tertiary/aromatic N) is 7. The molecule has 9 heteroatoms. The Labute approximate surface area is 196 Å². The van der Waals surface area contributed by atoms with E-state index in [4.69, 9.17) is 9.72 Å². The molecule has 1 atom stereocenters. The second kappa shape index (κ2) is 7.65. The lowest BCUT2D eigenvalue weighted by molar-refractivity contribution is -0.0505. The molecule has 0 amide bonds. The van der Waals surface area contributed by atoms with Crippen LogP contribution in [-0.4, -0.2) is 54.7 Å². The maximum absolute atomic E-state index is 10.4. The average molecular weight is 456 g/mol. The van der Waals surface area contributed by atoms with Gasteiger partial charge in [0.25, 0.3) is 0 Å². The molecule has 1 aromatic carbocycles. The average Bonchev–Trinajstić information content (AvgIpc) is 3.54. The number of pyridine rings is 1. The van der Waals surface area contributed by atoms with Crippen LogP contribution in [0.1, 0.15) is 42.8 Å². The topological polar surface area (TPSA) is 105 Å². The van der Waals surface area contributed by atoms with Crippen molar-refractivity contribution < 1.29 is 9.84 Å². The Bertz CT molecular complexity index is 1440. The number of benzene rings is 1. The summed E-state index contributed by atoms with van der Waals surface area (Å²) in [6.45, 7) is 6.14. The summed E-state index contributed by atoms with van der Waals surface area (Å²) < 4.78 is 9.13. The fourth-order valence-electron chi connectivity index (χ4n) is 5.15. The molecule has 2 saturated heterocycles. The van der Waals surface area contributed by atoms with Gasteiger partial charge in [-0.3, -0.25) is 4.57 Å². The van der Waals surface area contributed by atoms with Gasteiger partial charge in [-0.05, 0) is 63.1 Å². The third-order valence-electron chi connectivity index (χ3n) is 6.97. The van der Waals surface area contributed by atoms with Crippen LogP contribution in [0.25, 0.3) is 22.7 Å². The predicted molar refractivity (Wildman–Crippen MR) is 126 cm³/mol. The van der Waals surface area contributed by atoms with Crippen LogP contribution in [0, 0.1) is 18.3 Å². The Morgan fingerprint density at radius 1 is 1.21 bits per heavy atom. The second-order valence-electron chi connectivity index (χ2n) is 9.21. The minimum Gasteiger partial charge on any atom is -0.389 e. The standard InChI is InChI=1S/C25H25N7O2/c1-16-10-18(12-26)29-32(16)24-20(17(2)33)5-7-23(28-24)30-15-27-21-6-4-19(11-22(21)30)31-9-3-8-25(31)13-34-14-25/h4-7,10-11,15,17,33H,3,8-9,13-14H2,1-2H3. The van der Waals surface area contributed by atoms with Gasteiger partial charge in [0.1, 0.15) is 18.2 Å². The number of ether oxygens (including phenoxy) is 1. The first kappa shape index (κ1) is 20.8. The lowest BCUT2D eigenvalue weighted by Gasteiger charge is -2.46. The van der Waals surface area contributed by atoms with Crippen molar-refractivity contribution in [3.05, 3.63) is 59.7 Å². The zero-order valence-electron chi connectivity index (χ0n) is 19.1. The van der Waals surface area contributed by atoms with E-state index in [9.17, 15) is 10.4 Å². The number of nitriles is 1. The Morgan fingerprint density at radius 3 is 2.76 bits per heavy atom. The van der Waals surface area contributed by atoms with E-state index in [1.165, 1.54) is 6.42 Å². The van der Waals surface area contributed by atoms with Crippen LogP contribution in [0.4, 0.5) is 5.69 Å². The Balaban J connectivity index is 1.47. The van der Waals surface area contributed by atoms with Crippen molar-refractivity contribution in [2.75, 3.05) is 24.7 Å². The van der Waals surface area contributed by atoms with Crippen LogP contribution in [0.2, 0.25) is 0 Å². The van der Waals surface area contributed by atoms with Gasteiger partial charge in [-0.1, -0.05) is 0 Å². The summed E-state index contributed by atoms with van der Waals surface area (Å²) in [5.41, 5.74) is 4.83. The Hall–Kier alpha value is -3.74. The SMILES string of the molecule is Cc1cc(C#N)nn1-c1nc(-n2cnc3ccc(N4CCCC45COC5)cc32)ccc1C(C)O. The highest BCUT2D eigenvalue weighted by molar-refractivity contribution is 5.81. The van der Waals surface area contributed by atoms with Crippen LogP contribution < -0.4 is 4.90 Å². The third kappa shape index (κ3) is 3.10. The molecule has 1 spiro atoms. The molecule has 5 heterocycles. The van der Waals surface area contributed by atoms with Crippen LogP contribution in [0.15, 0.2) is 42.7 Å². The lowest BCUT2D eigenvalue weighted by Crippen LogP contribution is -2.59. The van der Waals surface area contributed by atoms with E-state index in [1.54, 1.807) is 24.0 Å². The summed E-state index contributed by atoms with van der Waals surface area (Å²) in [6.07, 6.45) is 3.35. The summed E-state index contributed by atoms with van der Waals surface area (Å²) in [6, 6.07) is 13.9. The molecule has 0 radical (unpaired) electrons. The number of aryl methyl sites for hydroxylation is 1. The summed E-state index contributed by atoms with van der Waals surface area (Å²) in [7, 11) is 0. The molecule has 0 saturated carbocycles. The van der Waals surface area contributed by atoms with Crippen molar-refractivity contribution in [2.45, 2.75) is 38.3 Å². The minimum atomic E-state index is -0.743. The highest BCUT2D eigenvalue weighted by Gasteiger charge is 2.47. The normalized spacial score (nSPS) is 17.8. The van der Waals surface area contributed by atoms with Crippen molar-refractivity contribution >= 4 is 16.7 Å². The lowest BCUT2D eigenvalue weighted by atomic mass is 9.93. The van der Waals surface area contributed by atoms with Crippen molar-refractivity contribution in [2.24, 2.45) is 0 Å². The largest absolute Gasteiger partial charge is 0.389 e. The molecule has 1 unspecified atom stereocenters. The molecule has 0 aliphatic carbocycles. The van der Waals surface area contributed by atoms with Gasteiger partial charge in [0, 0.05) is 23.5 Å². The molecule has 0 bridgehead atoms. The molecule has 172 valence electrons. The second-order valence-corrected chi connectivity index (χ2v) is 9.21. The molecule has 4 aromatic rings. The number of aromatic nitrogens is 5. The summed E-state index contributed by atoms with van der Waals surface area (Å²) in [4.78, 5) is 11.9. The third-order valence-corrected chi connectivity index (χ3v) is 6.97. The summed E-state index contributed by atoms with van der Waals surface area (Å²) in [5.74, 6) is 1.16. The van der Waals surface area contributed by atoms with E-state index in [-0.39, 0.29) is 5.54 Å². The van der Waals surface area contributed by atoms with E-state index in [2.05, 4.69) is 39.3 Å². The molecule has 2 fully saturated rings. The van der Waals surface area contributed by atoms with E-state index < -0.39 is 6.10 Å². The molecule has 2 aliphatic rings. The number of imidazole rings is 1. The van der Waals surface area contributed by atoms with Gasteiger partial charge >= 0.3 is 0 Å². The number of rotatable bonds is 4. The van der Waals surface area contributed by atoms with E-state index in [0.717, 1.165) is 48.6 Å². The van der Waals surface area contributed by atoms with E-state index in [1.807, 2.05) is 23.6 Å². The molecular formula is C25H25N7O2. The van der Waals surface area contributed by atoms with Gasteiger partial charge < -0.3 is 14.7 Å². The van der Waals surface area contributed by atoms with Gasteiger partial charge in [0.05, 0.1) is 35.9 Å². The monoisotopic (exact) mass is 455 g/mol. The molecule has 6 rings (SSSR count). The number of hydrogen-bond donors (Lipinski definition) is 1. The van der Waals surface area contributed by atoms with Crippen LogP contribution in [0.3, 0.4) is 0 Å². The van der Waals surface area contributed by atoms with Gasteiger partial charge in [-0.2, -0.15) is 10.4 Å². The van der Waals surface area contributed by atoms with Crippen LogP contribution in [-0.2, 0) is 4.74 Å². The Morgan fingerprint density at radius 2 is 2.06 bits per heavy atom. The fraction of sp³-hybridized carbons (Fsp3) is 0.360. The number of anilines is 1. The first-order valence-electron chi connectivity index (χ1n) is 11.5. The minimum absolute atomic E-state index is 0.124. The van der Waals surface area contributed by atoms with Crippen LogP contribution in [0.5, 0.6) is 0 Å². The van der Waals surface area contributed by atoms with Crippen molar-refractivity contribution in [3.8, 4) is 17.7 Å². The van der Waals surface area contributed by atoms with E-state index >= 15 is 0 Å². The van der Waals surface area contributed by atoms with Gasteiger partial charge in [-0.25, -0.2) is 14.6 Å². The summed E-state index contributed by atoms with van der Waals surface area (Å²) in [5, 5.41) is 24.0. The highest BCUT2D eigenvalue weighted by Crippen LogP contribution is 2.40. The van der Waals surface area contributed by atoms with Crippen LogP contribution >= 0.6 is 0 Å². The zero-order chi connectivity index (χ0) is 23.4. The first-order chi connectivity index (χ1) is 16.5. The maximum Gasteiger partial charge on any atom is 0.163 e. The van der Waals surface area contributed by atoms with Gasteiger partial charge in [-0.15, -0.1) is 0 Å². The summed E-state index contributed by atoms with van der Waals surface area (Å²) >= 11 is 0. The zero-order valence-corrected chi connectivity index (χ0v) is 19.1. The van der Waals surface area contributed by atoms with Gasteiger partial charge in [0.2, 0.25) is 0 Å². The Kier molecular flexibility index (Phi) is 4.69. The molecule has 9 nitrogen and oxygen atoms in total. The number of fused-ring (bicyclic) bond motifs is 1. The van der Waals surface area contributed by atoms with E-state index in [0.29, 0.717) is 22.9 Å². The molecular weight excluding hydrogens is 430 g/mol. The number of hydrogen-bond acceptors (Lipinski definition) is 7. The van der Waals surface area contributed by atoms with Crippen molar-refractivity contribution in [1.29, 1.82) is 5.26 Å². The van der Waals surface area contributed by atoms with Crippen molar-refractivity contribution in [3.63, 3.8) is 0 Å². The smallest absolute Gasteiger partial charge is 0.163 e. The molecule has 34 heavy (non-hydrogen) atoms. The molecule has 1 N–H and O–H groups in total. The molecule has 2 aliphatic heterocycles. The predicted octanol–water partition coefficient (Wildman–Crippen LogP) is 3.21. The van der Waals surface area contributed by atoms with Gasteiger partial charge in [0.15, 0.2) is 11.5 Å². The maximum atomic E-state index is 10.4. The number of aliphatic hydroxyl groups is 1. The molecule has 3 aromatic heterocycles. The first-order valence-corrected chi connectivity index (χ1v) is 11.5. The van der Waals surface area contributed by atoms with Crippen molar-refractivity contribution in [1.82, 2.24) is 24.3 Å². The highest BCUT2D eigenvalue weighted by atomic mass is 16.5. The quantitative estimate of drug-likeness (QED) is 0.504. The number of aliphatic hydroxyl groups excluding tert-OH is 1. The fourth-order valence-corrected chi connectivity index (χ4v) is 5.15.